The molecule has 1 saturated heterocycles. The van der Waals surface area contributed by atoms with Gasteiger partial charge in [0.2, 0.25) is 0 Å². The smallest absolute Gasteiger partial charge is 0.338 e. The van der Waals surface area contributed by atoms with Crippen molar-refractivity contribution in [2.24, 2.45) is 16.7 Å². The molecule has 3 aromatic rings. The second-order valence-corrected chi connectivity index (χ2v) is 17.6. The molecule has 4 aliphatic rings. The second-order valence-electron chi connectivity index (χ2n) is 17.6. The van der Waals surface area contributed by atoms with Crippen molar-refractivity contribution in [3.05, 3.63) is 119 Å². The minimum atomic E-state index is -2.35. The topological polar surface area (TPSA) is 224 Å². The zero-order chi connectivity index (χ0) is 44.9. The molecule has 2 saturated carbocycles. The highest BCUT2D eigenvalue weighted by Crippen LogP contribution is 2.65. The quantitative estimate of drug-likeness (QED) is 0.112. The maximum Gasteiger partial charge on any atom is 0.338 e. The summed E-state index contributed by atoms with van der Waals surface area (Å²) in [6, 6.07) is 23.1. The van der Waals surface area contributed by atoms with Crippen molar-refractivity contribution in [1.82, 2.24) is 5.32 Å². The monoisotopic (exact) mass is 855 g/mol. The van der Waals surface area contributed by atoms with Gasteiger partial charge < -0.3 is 49.4 Å². The number of esters is 4. The van der Waals surface area contributed by atoms with E-state index in [1.807, 2.05) is 0 Å². The zero-order valence-corrected chi connectivity index (χ0v) is 35.3. The summed E-state index contributed by atoms with van der Waals surface area (Å²) in [7, 11) is 0. The van der Waals surface area contributed by atoms with Gasteiger partial charge in [-0.2, -0.15) is 0 Å². The van der Waals surface area contributed by atoms with Gasteiger partial charge in [0.1, 0.15) is 30.0 Å². The number of nitrogens with one attached hydrogen (secondary N) is 1. The Bertz CT molecular complexity index is 2230. The van der Waals surface area contributed by atoms with Gasteiger partial charge in [0.05, 0.1) is 30.2 Å². The van der Waals surface area contributed by atoms with Crippen molar-refractivity contribution < 1.29 is 68.1 Å². The Kier molecular flexibility index (Phi) is 12.0. The van der Waals surface area contributed by atoms with Gasteiger partial charge in [0.25, 0.3) is 5.91 Å². The molecule has 7 rings (SSSR count). The maximum absolute atomic E-state index is 14.3. The van der Waals surface area contributed by atoms with E-state index in [4.69, 9.17) is 23.7 Å². The Morgan fingerprint density at radius 2 is 1.39 bits per heavy atom. The summed E-state index contributed by atoms with van der Waals surface area (Å²) in [5, 5.41) is 53.2. The highest BCUT2D eigenvalue weighted by atomic mass is 16.6. The molecular weight excluding hydrogens is 803 g/mol. The normalized spacial score (nSPS) is 33.0. The molecule has 2 bridgehead atoms. The van der Waals surface area contributed by atoms with Gasteiger partial charge in [-0.25, -0.2) is 9.59 Å². The molecule has 1 unspecified atom stereocenters. The Labute approximate surface area is 359 Å². The fraction of sp³-hybridized carbons (Fsp3) is 0.468. The lowest BCUT2D eigenvalue weighted by molar-refractivity contribution is -0.365. The molecule has 1 amide bonds. The summed E-state index contributed by atoms with van der Waals surface area (Å²) in [6.07, 6.45) is -11.8. The Hall–Kier alpha value is -5.45. The molecule has 15 nitrogen and oxygen atoms in total. The lowest BCUT2D eigenvalue weighted by Gasteiger charge is -2.69. The van der Waals surface area contributed by atoms with Gasteiger partial charge in [0.15, 0.2) is 17.8 Å². The SMILES string of the molecule is CC(=O)O[C@@H]1C2=C(C)[C@@H](OC(=O)[C@H](O)C(NC(=O)c3ccccc3)c3ccccc3)C[C@@](O)([C@@H](OC(=O)c3ccccc3)[C@@H]3[C@]4(OC(C)=O)CO[C@@H]4C[C@H](O)[C@@]3(C)[C@H]1O)C2(C)C. The van der Waals surface area contributed by atoms with Gasteiger partial charge >= 0.3 is 23.9 Å². The Morgan fingerprint density at radius 1 is 0.806 bits per heavy atom. The number of carbonyl (C=O) groups excluding carboxylic acids is 5. The number of hydrogen-bond acceptors (Lipinski definition) is 14. The number of aliphatic hydroxyl groups is 4. The number of amides is 1. The molecule has 3 aromatic carbocycles. The van der Waals surface area contributed by atoms with Crippen molar-refractivity contribution in [1.29, 1.82) is 0 Å². The molecular formula is C47H53NO14. The van der Waals surface area contributed by atoms with Crippen LogP contribution in [0.4, 0.5) is 0 Å². The van der Waals surface area contributed by atoms with E-state index in [1.54, 1.807) is 99.6 Å². The van der Waals surface area contributed by atoms with E-state index >= 15 is 0 Å². The van der Waals surface area contributed by atoms with Crippen LogP contribution in [0.3, 0.4) is 0 Å². The van der Waals surface area contributed by atoms with E-state index in [1.165, 1.54) is 26.0 Å². The number of benzene rings is 3. The van der Waals surface area contributed by atoms with Gasteiger partial charge in [-0.05, 0) is 47.9 Å². The van der Waals surface area contributed by atoms with E-state index in [0.717, 1.165) is 6.92 Å². The minimum absolute atomic E-state index is 0.0914. The largest absolute Gasteiger partial charge is 0.456 e. The molecule has 5 N–H and O–H groups in total. The van der Waals surface area contributed by atoms with Crippen LogP contribution in [0.5, 0.6) is 0 Å². The third-order valence-corrected chi connectivity index (χ3v) is 13.7. The summed E-state index contributed by atoms with van der Waals surface area (Å²) in [5.74, 6) is -5.73. The van der Waals surface area contributed by atoms with E-state index < -0.39 is 113 Å². The fourth-order valence-electron chi connectivity index (χ4n) is 10.4. The lowest BCUT2D eigenvalue weighted by Crippen LogP contribution is -2.82. The average Bonchev–Trinajstić information content (AvgIpc) is 3.24. The number of fused-ring (bicyclic) bond motifs is 5. The van der Waals surface area contributed by atoms with Crippen LogP contribution in [0.1, 0.15) is 86.7 Å². The predicted molar refractivity (Wildman–Crippen MR) is 219 cm³/mol. The highest BCUT2D eigenvalue weighted by molar-refractivity contribution is 5.95. The summed E-state index contributed by atoms with van der Waals surface area (Å²) in [4.78, 5) is 68.1. The van der Waals surface area contributed by atoms with E-state index in [-0.39, 0.29) is 35.3 Å². The molecule has 0 aromatic heterocycles. The molecule has 3 aliphatic carbocycles. The van der Waals surface area contributed by atoms with Crippen molar-refractivity contribution in [3.63, 3.8) is 0 Å². The first-order chi connectivity index (χ1) is 29.3. The standard InChI is InChI=1S/C47H53NO14/c1-25-31(60-43(56)36(52)35(28-16-10-7-11-17-28)48-41(54)29-18-12-8-13-19-29)23-47(57)40(61-42(55)30-20-14-9-15-21-30)38-45(6,32(51)22-33-46(38,24-58-33)62-27(3)50)39(53)37(59-26(2)49)34(25)44(47,4)5/h7-21,31-33,35-40,51-53,57H,22-24H2,1-6H3,(H,48,54)/t31-,32-,33+,35?,36+,37+,38-,39-,40-,45+,46-,47+/m0/s1. The number of carbonyl (C=O) groups is 5. The summed E-state index contributed by atoms with van der Waals surface area (Å²) in [6.45, 7) is 8.30. The van der Waals surface area contributed by atoms with E-state index in [0.29, 0.717) is 5.56 Å². The van der Waals surface area contributed by atoms with Gasteiger partial charge in [-0.1, -0.05) is 87.5 Å². The molecule has 1 heterocycles. The van der Waals surface area contributed by atoms with Crippen LogP contribution in [-0.2, 0) is 38.1 Å². The van der Waals surface area contributed by atoms with Crippen molar-refractivity contribution in [3.8, 4) is 0 Å². The number of aliphatic hydroxyl groups excluding tert-OH is 3. The summed E-state index contributed by atoms with van der Waals surface area (Å²) < 4.78 is 30.5. The van der Waals surface area contributed by atoms with Crippen LogP contribution < -0.4 is 5.32 Å². The number of rotatable bonds is 10. The Morgan fingerprint density at radius 3 is 1.94 bits per heavy atom. The highest BCUT2D eigenvalue weighted by Gasteiger charge is 2.78. The predicted octanol–water partition coefficient (Wildman–Crippen LogP) is 3.53. The Balaban J connectivity index is 1.38. The van der Waals surface area contributed by atoms with Crippen molar-refractivity contribution in [2.45, 2.75) is 114 Å². The summed E-state index contributed by atoms with van der Waals surface area (Å²) >= 11 is 0. The molecule has 62 heavy (non-hydrogen) atoms. The van der Waals surface area contributed by atoms with Crippen LogP contribution in [0.25, 0.3) is 0 Å². The zero-order valence-electron chi connectivity index (χ0n) is 35.3. The van der Waals surface area contributed by atoms with E-state index in [9.17, 15) is 44.4 Å². The first kappa shape index (κ1) is 44.6. The fourth-order valence-corrected chi connectivity index (χ4v) is 10.4. The van der Waals surface area contributed by atoms with Gasteiger partial charge in [-0.15, -0.1) is 0 Å². The lowest BCUT2D eigenvalue weighted by atomic mass is 9.44. The number of hydrogen-bond donors (Lipinski definition) is 5. The third-order valence-electron chi connectivity index (χ3n) is 13.7. The van der Waals surface area contributed by atoms with Crippen molar-refractivity contribution >= 4 is 29.8 Å². The molecule has 1 aliphatic heterocycles. The molecule has 3 fully saturated rings. The molecule has 12 atom stereocenters. The van der Waals surface area contributed by atoms with Crippen LogP contribution in [0.2, 0.25) is 0 Å². The van der Waals surface area contributed by atoms with Crippen LogP contribution in [-0.4, -0.2) is 111 Å². The maximum atomic E-state index is 14.3. The van der Waals surface area contributed by atoms with E-state index in [2.05, 4.69) is 5.32 Å². The molecule has 0 radical (unpaired) electrons. The third kappa shape index (κ3) is 7.38. The van der Waals surface area contributed by atoms with Gasteiger partial charge in [0, 0.05) is 43.1 Å². The summed E-state index contributed by atoms with van der Waals surface area (Å²) in [5.41, 5.74) is -6.46. The molecule has 15 heteroatoms. The van der Waals surface area contributed by atoms with Crippen LogP contribution >= 0.6 is 0 Å². The number of ether oxygens (including phenoxy) is 5. The second kappa shape index (κ2) is 16.7. The first-order valence-corrected chi connectivity index (χ1v) is 20.6. The van der Waals surface area contributed by atoms with Crippen molar-refractivity contribution in [2.75, 3.05) is 6.61 Å². The average molecular weight is 856 g/mol. The first-order valence-electron chi connectivity index (χ1n) is 20.6. The van der Waals surface area contributed by atoms with Crippen LogP contribution in [0, 0.1) is 16.7 Å². The van der Waals surface area contributed by atoms with Gasteiger partial charge in [-0.3, -0.25) is 14.4 Å². The minimum Gasteiger partial charge on any atom is -0.456 e. The van der Waals surface area contributed by atoms with Crippen LogP contribution in [0.15, 0.2) is 102 Å². The molecule has 330 valence electrons. The molecule has 0 spiro atoms.